The van der Waals surface area contributed by atoms with Crippen molar-refractivity contribution < 1.29 is 18.3 Å². The van der Waals surface area contributed by atoms with E-state index in [0.717, 1.165) is 11.3 Å². The maximum atomic E-state index is 12.1. The van der Waals surface area contributed by atoms with Crippen LogP contribution >= 0.6 is 11.3 Å². The standard InChI is InChI=1S/C8H10F3NOS/c1-4(2)7-12-5(3-14-7)6(13)8(9,10)11/h3-4,6,13H,1-2H3. The van der Waals surface area contributed by atoms with E-state index in [9.17, 15) is 13.2 Å². The second-order valence-electron chi connectivity index (χ2n) is 3.21. The van der Waals surface area contributed by atoms with Crippen LogP contribution in [0.25, 0.3) is 0 Å². The molecular weight excluding hydrogens is 215 g/mol. The van der Waals surface area contributed by atoms with Crippen LogP contribution in [0.4, 0.5) is 13.2 Å². The summed E-state index contributed by atoms with van der Waals surface area (Å²) in [5.41, 5.74) is -0.314. The van der Waals surface area contributed by atoms with Gasteiger partial charge < -0.3 is 5.11 Å². The number of hydrogen-bond donors (Lipinski definition) is 1. The lowest BCUT2D eigenvalue weighted by atomic mass is 10.2. The third-order valence-corrected chi connectivity index (χ3v) is 2.79. The largest absolute Gasteiger partial charge is 0.420 e. The molecule has 1 rings (SSSR count). The predicted octanol–water partition coefficient (Wildman–Crippen LogP) is 2.86. The Hall–Kier alpha value is -0.620. The first-order valence-electron chi connectivity index (χ1n) is 4.02. The molecule has 1 atom stereocenters. The van der Waals surface area contributed by atoms with Crippen molar-refractivity contribution in [2.75, 3.05) is 0 Å². The van der Waals surface area contributed by atoms with E-state index in [1.165, 1.54) is 5.38 Å². The first-order valence-corrected chi connectivity index (χ1v) is 4.90. The maximum Gasteiger partial charge on any atom is 0.420 e. The zero-order chi connectivity index (χ0) is 10.9. The van der Waals surface area contributed by atoms with E-state index in [1.807, 2.05) is 13.8 Å². The molecule has 1 aromatic rings. The van der Waals surface area contributed by atoms with Gasteiger partial charge in [-0.05, 0) is 0 Å². The van der Waals surface area contributed by atoms with E-state index >= 15 is 0 Å². The number of alkyl halides is 3. The molecule has 6 heteroatoms. The monoisotopic (exact) mass is 225 g/mol. The molecule has 0 bridgehead atoms. The molecule has 1 N–H and O–H groups in total. The number of halogens is 3. The zero-order valence-electron chi connectivity index (χ0n) is 7.67. The van der Waals surface area contributed by atoms with Gasteiger partial charge in [-0.2, -0.15) is 13.2 Å². The van der Waals surface area contributed by atoms with E-state index in [4.69, 9.17) is 5.11 Å². The first kappa shape index (κ1) is 11.5. The number of aromatic nitrogens is 1. The number of thiazole rings is 1. The molecule has 2 nitrogen and oxygen atoms in total. The van der Waals surface area contributed by atoms with Gasteiger partial charge in [0.2, 0.25) is 0 Å². The fourth-order valence-electron chi connectivity index (χ4n) is 0.859. The van der Waals surface area contributed by atoms with E-state index in [1.54, 1.807) is 0 Å². The molecule has 0 saturated carbocycles. The first-order chi connectivity index (χ1) is 6.32. The van der Waals surface area contributed by atoms with E-state index in [0.29, 0.717) is 5.01 Å². The third kappa shape index (κ3) is 2.45. The third-order valence-electron chi connectivity index (χ3n) is 1.62. The Balaban J connectivity index is 2.87. The van der Waals surface area contributed by atoms with Gasteiger partial charge in [-0.25, -0.2) is 4.98 Å². The van der Waals surface area contributed by atoms with Crippen molar-refractivity contribution in [3.63, 3.8) is 0 Å². The Morgan fingerprint density at radius 3 is 2.36 bits per heavy atom. The highest BCUT2D eigenvalue weighted by atomic mass is 32.1. The smallest absolute Gasteiger partial charge is 0.378 e. The summed E-state index contributed by atoms with van der Waals surface area (Å²) in [5, 5.41) is 10.7. The average molecular weight is 225 g/mol. The van der Waals surface area contributed by atoms with Crippen LogP contribution in [0.15, 0.2) is 5.38 Å². The van der Waals surface area contributed by atoms with Crippen molar-refractivity contribution in [2.24, 2.45) is 0 Å². The van der Waals surface area contributed by atoms with Gasteiger partial charge in [0.05, 0.1) is 10.7 Å². The molecule has 0 aliphatic carbocycles. The van der Waals surface area contributed by atoms with Gasteiger partial charge in [-0.1, -0.05) is 13.8 Å². The lowest BCUT2D eigenvalue weighted by Gasteiger charge is -2.11. The van der Waals surface area contributed by atoms with Gasteiger partial charge in [0.1, 0.15) is 0 Å². The molecule has 0 aliphatic rings. The van der Waals surface area contributed by atoms with Gasteiger partial charge in [-0.3, -0.25) is 0 Å². The average Bonchev–Trinajstić information content (AvgIpc) is 2.48. The van der Waals surface area contributed by atoms with Crippen LogP contribution in [-0.4, -0.2) is 16.3 Å². The SMILES string of the molecule is CC(C)c1nc(C(O)C(F)(F)F)cs1. The molecule has 1 aromatic heterocycles. The summed E-state index contributed by atoms with van der Waals surface area (Å²) < 4.78 is 36.2. The minimum Gasteiger partial charge on any atom is -0.378 e. The van der Waals surface area contributed by atoms with E-state index in [-0.39, 0.29) is 11.6 Å². The van der Waals surface area contributed by atoms with Gasteiger partial charge in [-0.15, -0.1) is 11.3 Å². The second-order valence-corrected chi connectivity index (χ2v) is 4.10. The fraction of sp³-hybridized carbons (Fsp3) is 0.625. The van der Waals surface area contributed by atoms with Crippen molar-refractivity contribution in [3.8, 4) is 0 Å². The number of aliphatic hydroxyl groups excluding tert-OH is 1. The minimum absolute atomic E-state index is 0.0779. The molecule has 80 valence electrons. The van der Waals surface area contributed by atoms with Gasteiger partial charge in [0.25, 0.3) is 0 Å². The van der Waals surface area contributed by atoms with Crippen LogP contribution in [0.3, 0.4) is 0 Å². The lowest BCUT2D eigenvalue weighted by molar-refractivity contribution is -0.207. The summed E-state index contributed by atoms with van der Waals surface area (Å²) in [6, 6.07) is 0. The van der Waals surface area contributed by atoms with Crippen molar-refractivity contribution >= 4 is 11.3 Å². The number of aliphatic hydroxyl groups is 1. The fourth-order valence-corrected chi connectivity index (χ4v) is 1.71. The molecule has 0 aromatic carbocycles. The molecule has 0 saturated heterocycles. The van der Waals surface area contributed by atoms with Crippen LogP contribution in [0.5, 0.6) is 0 Å². The summed E-state index contributed by atoms with van der Waals surface area (Å²) in [6.45, 7) is 3.67. The predicted molar refractivity (Wildman–Crippen MR) is 47.2 cm³/mol. The van der Waals surface area contributed by atoms with Gasteiger partial charge in [0.15, 0.2) is 6.10 Å². The quantitative estimate of drug-likeness (QED) is 0.839. The highest BCUT2D eigenvalue weighted by molar-refractivity contribution is 7.09. The highest BCUT2D eigenvalue weighted by Gasteiger charge is 2.40. The Morgan fingerprint density at radius 2 is 2.00 bits per heavy atom. The summed E-state index contributed by atoms with van der Waals surface area (Å²) in [6.07, 6.45) is -7.10. The van der Waals surface area contributed by atoms with Crippen LogP contribution < -0.4 is 0 Å². The second kappa shape index (κ2) is 3.86. The Labute approximate surface area is 83.4 Å². The van der Waals surface area contributed by atoms with E-state index in [2.05, 4.69) is 4.98 Å². The van der Waals surface area contributed by atoms with Crippen molar-refractivity contribution in [3.05, 3.63) is 16.1 Å². The van der Waals surface area contributed by atoms with Crippen LogP contribution in [-0.2, 0) is 0 Å². The molecule has 0 radical (unpaired) electrons. The molecule has 1 heterocycles. The molecule has 0 amide bonds. The van der Waals surface area contributed by atoms with Crippen molar-refractivity contribution in [2.45, 2.75) is 32.0 Å². The van der Waals surface area contributed by atoms with Crippen LogP contribution in [0.1, 0.15) is 36.6 Å². The normalized spacial score (nSPS) is 14.8. The molecule has 0 fully saturated rings. The number of rotatable bonds is 2. The summed E-state index contributed by atoms with van der Waals surface area (Å²) >= 11 is 1.13. The van der Waals surface area contributed by atoms with Crippen molar-refractivity contribution in [1.82, 2.24) is 4.98 Å². The minimum atomic E-state index is -4.64. The van der Waals surface area contributed by atoms with Crippen LogP contribution in [0, 0.1) is 0 Å². The molecule has 0 spiro atoms. The highest BCUT2D eigenvalue weighted by Crippen LogP contribution is 2.33. The molecule has 14 heavy (non-hydrogen) atoms. The van der Waals surface area contributed by atoms with E-state index < -0.39 is 12.3 Å². The van der Waals surface area contributed by atoms with Gasteiger partial charge >= 0.3 is 6.18 Å². The summed E-state index contributed by atoms with van der Waals surface area (Å²) in [5.74, 6) is 0.0779. The molecule has 0 aliphatic heterocycles. The molecule has 1 unspecified atom stereocenters. The zero-order valence-corrected chi connectivity index (χ0v) is 8.49. The van der Waals surface area contributed by atoms with Crippen molar-refractivity contribution in [1.29, 1.82) is 0 Å². The number of nitrogens with zero attached hydrogens (tertiary/aromatic N) is 1. The van der Waals surface area contributed by atoms with Crippen LogP contribution in [0.2, 0.25) is 0 Å². The molecular formula is C8H10F3NOS. The Kier molecular flexibility index (Phi) is 3.16. The number of hydrogen-bond acceptors (Lipinski definition) is 3. The lowest BCUT2D eigenvalue weighted by Crippen LogP contribution is -2.20. The topological polar surface area (TPSA) is 33.1 Å². The Bertz CT molecular complexity index is 308. The Morgan fingerprint density at radius 1 is 1.43 bits per heavy atom. The summed E-state index contributed by atoms with van der Waals surface area (Å²) in [7, 11) is 0. The maximum absolute atomic E-state index is 12.1. The summed E-state index contributed by atoms with van der Waals surface area (Å²) in [4.78, 5) is 3.72. The van der Waals surface area contributed by atoms with Gasteiger partial charge in [0, 0.05) is 11.3 Å².